The number of benzene rings is 1. The zero-order valence-corrected chi connectivity index (χ0v) is 15.1. The summed E-state index contributed by atoms with van der Waals surface area (Å²) in [4.78, 5) is 25.2. The Hall–Kier alpha value is -2.62. The predicted molar refractivity (Wildman–Crippen MR) is 98.2 cm³/mol. The van der Waals surface area contributed by atoms with Crippen molar-refractivity contribution in [1.82, 2.24) is 0 Å². The topological polar surface area (TPSA) is 74.6 Å². The Morgan fingerprint density at radius 2 is 1.72 bits per heavy atom. The number of phenols is 2. The van der Waals surface area contributed by atoms with E-state index in [1.165, 1.54) is 11.6 Å². The second kappa shape index (κ2) is 7.51. The monoisotopic (exact) mass is 340 g/mol. The van der Waals surface area contributed by atoms with Gasteiger partial charge >= 0.3 is 0 Å². The van der Waals surface area contributed by atoms with Gasteiger partial charge in [-0.05, 0) is 53.0 Å². The van der Waals surface area contributed by atoms with Crippen LogP contribution in [0.15, 0.2) is 46.6 Å². The number of allylic oxidation sites excluding steroid dienone is 6. The number of hydrogen-bond acceptors (Lipinski definition) is 4. The van der Waals surface area contributed by atoms with Crippen LogP contribution in [0, 0.1) is 0 Å². The third-order valence-electron chi connectivity index (χ3n) is 4.39. The van der Waals surface area contributed by atoms with Gasteiger partial charge < -0.3 is 10.2 Å². The molecule has 0 atom stereocenters. The van der Waals surface area contributed by atoms with Crippen LogP contribution in [0.25, 0.3) is 0 Å². The molecule has 0 aliphatic heterocycles. The maximum absolute atomic E-state index is 12.7. The predicted octanol–water partition coefficient (Wildman–Crippen LogP) is 4.88. The van der Waals surface area contributed by atoms with Gasteiger partial charge in [0.25, 0.3) is 0 Å². The Kier molecular flexibility index (Phi) is 5.62. The lowest BCUT2D eigenvalue weighted by Crippen LogP contribution is -2.21. The number of Topliss-reactive ketones (excluding diaryl/α,β-unsaturated/α-hetero) is 2. The number of carbonyl (C=O) groups is 2. The molecule has 4 heteroatoms. The van der Waals surface area contributed by atoms with E-state index in [2.05, 4.69) is 19.9 Å². The molecule has 132 valence electrons. The molecule has 0 spiro atoms. The van der Waals surface area contributed by atoms with E-state index < -0.39 is 0 Å². The summed E-state index contributed by atoms with van der Waals surface area (Å²) in [6, 6.07) is 2.32. The second-order valence-corrected chi connectivity index (χ2v) is 6.72. The van der Waals surface area contributed by atoms with Crippen molar-refractivity contribution in [1.29, 1.82) is 0 Å². The molecular formula is C21H24O4. The first-order valence-electron chi connectivity index (χ1n) is 8.36. The molecule has 0 saturated heterocycles. The molecule has 0 heterocycles. The van der Waals surface area contributed by atoms with Crippen molar-refractivity contribution in [2.24, 2.45) is 0 Å². The number of fused-ring (bicyclic) bond motifs is 1. The van der Waals surface area contributed by atoms with Gasteiger partial charge in [0.05, 0.1) is 5.56 Å². The highest BCUT2D eigenvalue weighted by molar-refractivity contribution is 6.27. The molecule has 4 nitrogen and oxygen atoms in total. The lowest BCUT2D eigenvalue weighted by atomic mass is 9.82. The summed E-state index contributed by atoms with van der Waals surface area (Å²) in [5, 5.41) is 19.5. The molecule has 0 radical (unpaired) electrons. The molecule has 0 aromatic heterocycles. The van der Waals surface area contributed by atoms with Gasteiger partial charge in [-0.15, -0.1) is 0 Å². The average molecular weight is 340 g/mol. The Morgan fingerprint density at radius 3 is 2.36 bits per heavy atom. The van der Waals surface area contributed by atoms with E-state index in [4.69, 9.17) is 0 Å². The first-order chi connectivity index (χ1) is 11.7. The summed E-state index contributed by atoms with van der Waals surface area (Å²) in [6.07, 6.45) is 6.35. The standard InChI is InChI=1S/C21H24O4/c1-12(2)6-5-7-13(3)8-9-16-14(4)20(24)19-17(21(16)25)10-15(22)11-18(19)23/h6,8,10-11,22-23H,5,7,9H2,1-4H3/b13-8+. The normalized spacial score (nSPS) is 14.6. The lowest BCUT2D eigenvalue weighted by molar-refractivity contribution is 0.0970. The van der Waals surface area contributed by atoms with Crippen LogP contribution < -0.4 is 0 Å². The molecule has 1 aromatic rings. The van der Waals surface area contributed by atoms with Gasteiger partial charge in [0.1, 0.15) is 11.5 Å². The minimum atomic E-state index is -0.363. The minimum absolute atomic E-state index is 0.0201. The van der Waals surface area contributed by atoms with Crippen LogP contribution in [0.1, 0.15) is 67.7 Å². The van der Waals surface area contributed by atoms with Gasteiger partial charge in [0.15, 0.2) is 11.6 Å². The van der Waals surface area contributed by atoms with Crippen LogP contribution in [0.4, 0.5) is 0 Å². The highest BCUT2D eigenvalue weighted by Crippen LogP contribution is 2.36. The number of ketones is 2. The second-order valence-electron chi connectivity index (χ2n) is 6.72. The largest absolute Gasteiger partial charge is 0.508 e. The fraction of sp³-hybridized carbons (Fsp3) is 0.333. The molecular weight excluding hydrogens is 316 g/mol. The Labute approximate surface area is 148 Å². The summed E-state index contributed by atoms with van der Waals surface area (Å²) in [5.41, 5.74) is 3.25. The van der Waals surface area contributed by atoms with Crippen molar-refractivity contribution >= 4 is 11.6 Å². The molecule has 25 heavy (non-hydrogen) atoms. The molecule has 1 aromatic carbocycles. The van der Waals surface area contributed by atoms with E-state index in [1.807, 2.05) is 13.0 Å². The highest BCUT2D eigenvalue weighted by Gasteiger charge is 2.32. The van der Waals surface area contributed by atoms with Crippen molar-refractivity contribution in [2.75, 3.05) is 0 Å². The van der Waals surface area contributed by atoms with Crippen LogP contribution in [-0.4, -0.2) is 21.8 Å². The fourth-order valence-electron chi connectivity index (χ4n) is 2.90. The summed E-state index contributed by atoms with van der Waals surface area (Å²) in [6.45, 7) is 7.73. The van der Waals surface area contributed by atoms with Crippen LogP contribution in [0.2, 0.25) is 0 Å². The van der Waals surface area contributed by atoms with Gasteiger partial charge in [-0.3, -0.25) is 9.59 Å². The molecule has 1 aliphatic rings. The number of rotatable bonds is 5. The Morgan fingerprint density at radius 1 is 1.04 bits per heavy atom. The van der Waals surface area contributed by atoms with Crippen LogP contribution in [0.5, 0.6) is 11.5 Å². The molecule has 0 bridgehead atoms. The fourth-order valence-corrected chi connectivity index (χ4v) is 2.90. The van der Waals surface area contributed by atoms with Crippen LogP contribution >= 0.6 is 0 Å². The van der Waals surface area contributed by atoms with Crippen molar-refractivity contribution in [2.45, 2.75) is 47.0 Å². The van der Waals surface area contributed by atoms with E-state index in [-0.39, 0.29) is 34.2 Å². The van der Waals surface area contributed by atoms with Gasteiger partial charge in [-0.25, -0.2) is 0 Å². The summed E-state index contributed by atoms with van der Waals surface area (Å²) in [5.74, 6) is -1.27. The van der Waals surface area contributed by atoms with Crippen molar-refractivity contribution in [3.8, 4) is 11.5 Å². The summed E-state index contributed by atoms with van der Waals surface area (Å²) >= 11 is 0. The third-order valence-corrected chi connectivity index (χ3v) is 4.39. The molecule has 0 unspecified atom stereocenters. The SMILES string of the molecule is CC(C)=CCC/C(C)=C/CC1=C(C)C(=O)c2c(O)cc(O)cc2C1=O. The molecule has 2 rings (SSSR count). The lowest BCUT2D eigenvalue weighted by Gasteiger charge is -2.19. The van der Waals surface area contributed by atoms with E-state index in [9.17, 15) is 19.8 Å². The number of hydrogen-bond donors (Lipinski definition) is 2. The maximum atomic E-state index is 12.7. The van der Waals surface area contributed by atoms with Gasteiger partial charge in [-0.2, -0.15) is 0 Å². The number of aromatic hydroxyl groups is 2. The molecule has 2 N–H and O–H groups in total. The number of carbonyl (C=O) groups excluding carboxylic acids is 2. The van der Waals surface area contributed by atoms with E-state index in [0.29, 0.717) is 17.6 Å². The zero-order chi connectivity index (χ0) is 18.7. The van der Waals surface area contributed by atoms with Gasteiger partial charge in [0, 0.05) is 22.8 Å². The molecule has 0 amide bonds. The Bertz CT molecular complexity index is 819. The van der Waals surface area contributed by atoms with Crippen LogP contribution in [0.3, 0.4) is 0 Å². The van der Waals surface area contributed by atoms with Gasteiger partial charge in [-0.1, -0.05) is 23.3 Å². The van der Waals surface area contributed by atoms with Crippen molar-refractivity contribution < 1.29 is 19.8 Å². The van der Waals surface area contributed by atoms with Crippen molar-refractivity contribution in [3.63, 3.8) is 0 Å². The molecule has 0 fully saturated rings. The molecule has 1 aliphatic carbocycles. The van der Waals surface area contributed by atoms with E-state index in [1.54, 1.807) is 6.92 Å². The van der Waals surface area contributed by atoms with Crippen molar-refractivity contribution in [3.05, 3.63) is 57.7 Å². The zero-order valence-electron chi connectivity index (χ0n) is 15.1. The van der Waals surface area contributed by atoms with Crippen LogP contribution in [-0.2, 0) is 0 Å². The first kappa shape index (κ1) is 18.7. The Balaban J connectivity index is 2.27. The van der Waals surface area contributed by atoms with Gasteiger partial charge in [0.2, 0.25) is 0 Å². The first-order valence-corrected chi connectivity index (χ1v) is 8.36. The third kappa shape index (κ3) is 4.08. The maximum Gasteiger partial charge on any atom is 0.193 e. The van der Waals surface area contributed by atoms with E-state index >= 15 is 0 Å². The smallest absolute Gasteiger partial charge is 0.193 e. The highest BCUT2D eigenvalue weighted by atomic mass is 16.3. The van der Waals surface area contributed by atoms with E-state index in [0.717, 1.165) is 24.5 Å². The summed E-state index contributed by atoms with van der Waals surface area (Å²) in [7, 11) is 0. The summed E-state index contributed by atoms with van der Waals surface area (Å²) < 4.78 is 0. The number of phenolic OH excluding ortho intramolecular Hbond substituents is 2. The quantitative estimate of drug-likeness (QED) is 0.749. The minimum Gasteiger partial charge on any atom is -0.508 e. The molecule has 0 saturated carbocycles. The average Bonchev–Trinajstić information content (AvgIpc) is 2.51.